The third kappa shape index (κ3) is 2.83. The lowest BCUT2D eigenvalue weighted by Crippen LogP contribution is -2.41. The minimum atomic E-state index is -0.373. The maximum absolute atomic E-state index is 6.58. The Balaban J connectivity index is 2.12. The molecule has 0 aliphatic carbocycles. The molecule has 0 bridgehead atoms. The van der Waals surface area contributed by atoms with Crippen molar-refractivity contribution in [1.29, 1.82) is 0 Å². The van der Waals surface area contributed by atoms with Gasteiger partial charge < -0.3 is 9.31 Å². The Morgan fingerprint density at radius 2 is 1.47 bits per heavy atom. The van der Waals surface area contributed by atoms with Crippen molar-refractivity contribution < 1.29 is 9.31 Å². The molecule has 0 N–H and O–H groups in total. The summed E-state index contributed by atoms with van der Waals surface area (Å²) in [5.41, 5.74) is 0.541. The number of rotatable bonds is 3. The predicted octanol–water partition coefficient (Wildman–Crippen LogP) is 4.03. The minimum Gasteiger partial charge on any atom is -0.402 e. The van der Waals surface area contributed by atoms with Crippen LogP contribution >= 0.6 is 11.6 Å². The molecule has 19 heavy (non-hydrogen) atoms. The monoisotopic (exact) mass is 280 g/mol. The molecular formula is C15H22BClO2. The van der Waals surface area contributed by atoms with Crippen molar-refractivity contribution in [2.45, 2.75) is 57.0 Å². The average Bonchev–Trinajstić information content (AvgIpc) is 2.58. The van der Waals surface area contributed by atoms with E-state index in [1.54, 1.807) is 0 Å². The molecule has 0 radical (unpaired) electrons. The molecule has 4 heteroatoms. The van der Waals surface area contributed by atoms with E-state index in [9.17, 15) is 0 Å². The lowest BCUT2D eigenvalue weighted by Gasteiger charge is -2.32. The van der Waals surface area contributed by atoms with Gasteiger partial charge in [0.25, 0.3) is 0 Å². The summed E-state index contributed by atoms with van der Waals surface area (Å²) < 4.78 is 12.0. The number of alkyl halides is 1. The molecule has 0 spiro atoms. The highest BCUT2D eigenvalue weighted by Gasteiger charge is 2.54. The van der Waals surface area contributed by atoms with Gasteiger partial charge in [-0.2, -0.15) is 0 Å². The van der Waals surface area contributed by atoms with Gasteiger partial charge in [0, 0.05) is 0 Å². The second-order valence-corrected chi connectivity index (χ2v) is 6.77. The van der Waals surface area contributed by atoms with Crippen molar-refractivity contribution in [2.24, 2.45) is 0 Å². The molecule has 0 aromatic heterocycles. The summed E-state index contributed by atoms with van der Waals surface area (Å²) >= 11 is 6.58. The van der Waals surface area contributed by atoms with Crippen molar-refractivity contribution in [3.8, 4) is 0 Å². The molecule has 0 amide bonds. The highest BCUT2D eigenvalue weighted by atomic mass is 35.5. The molecule has 2 rings (SSSR count). The van der Waals surface area contributed by atoms with Crippen LogP contribution in [0.1, 0.15) is 46.1 Å². The summed E-state index contributed by atoms with van der Waals surface area (Å²) in [6, 6.07) is 10.2. The first kappa shape index (κ1) is 14.9. The third-order valence-corrected chi connectivity index (χ3v) is 4.92. The largest absolute Gasteiger partial charge is 0.477 e. The van der Waals surface area contributed by atoms with Gasteiger partial charge in [-0.15, -0.1) is 11.6 Å². The van der Waals surface area contributed by atoms with Crippen molar-refractivity contribution >= 4 is 18.7 Å². The molecule has 2 nitrogen and oxygen atoms in total. The van der Waals surface area contributed by atoms with E-state index in [4.69, 9.17) is 20.9 Å². The number of hydrogen-bond donors (Lipinski definition) is 0. The Hall–Kier alpha value is -0.505. The summed E-state index contributed by atoms with van der Waals surface area (Å²) in [6.45, 7) is 10.3. The number of benzene rings is 1. The van der Waals surface area contributed by atoms with E-state index in [1.165, 1.54) is 5.56 Å². The quantitative estimate of drug-likeness (QED) is 0.615. The number of halogens is 1. The van der Waals surface area contributed by atoms with Crippen molar-refractivity contribution in [2.75, 3.05) is 0 Å². The standard InChI is InChI=1S/C15H22BClO2/c1-11(12-9-7-6-8-10-12)13(17)16-18-14(2,3)15(4,5)19-16/h6-11,13H,1-5H3/t11-,13?/m1/s1. The van der Waals surface area contributed by atoms with Gasteiger partial charge in [0.1, 0.15) is 0 Å². The molecular weight excluding hydrogens is 258 g/mol. The molecule has 2 atom stereocenters. The predicted molar refractivity (Wildman–Crippen MR) is 80.6 cm³/mol. The van der Waals surface area contributed by atoms with Gasteiger partial charge in [-0.25, -0.2) is 0 Å². The van der Waals surface area contributed by atoms with Gasteiger partial charge in [0.2, 0.25) is 0 Å². The summed E-state index contributed by atoms with van der Waals surface area (Å²) in [5, 5.41) is -0.205. The van der Waals surface area contributed by atoms with E-state index in [-0.39, 0.29) is 29.5 Å². The van der Waals surface area contributed by atoms with Crippen LogP contribution in [0.2, 0.25) is 0 Å². The average molecular weight is 281 g/mol. The van der Waals surface area contributed by atoms with Crippen LogP contribution in [0.4, 0.5) is 0 Å². The summed E-state index contributed by atoms with van der Waals surface area (Å²) in [4.78, 5) is 0. The van der Waals surface area contributed by atoms with Crippen molar-refractivity contribution in [1.82, 2.24) is 0 Å². The fourth-order valence-electron chi connectivity index (χ4n) is 2.19. The first-order chi connectivity index (χ1) is 8.74. The topological polar surface area (TPSA) is 18.5 Å². The maximum atomic E-state index is 6.58. The first-order valence-corrected chi connectivity index (χ1v) is 7.23. The van der Waals surface area contributed by atoms with Crippen LogP contribution < -0.4 is 0 Å². The molecule has 1 saturated heterocycles. The maximum Gasteiger partial charge on any atom is 0.477 e. The van der Waals surface area contributed by atoms with Gasteiger partial charge in [-0.05, 0) is 39.2 Å². The van der Waals surface area contributed by atoms with Gasteiger partial charge in [-0.1, -0.05) is 37.3 Å². The van der Waals surface area contributed by atoms with Crippen LogP contribution in [0, 0.1) is 0 Å². The second kappa shape index (κ2) is 5.12. The lowest BCUT2D eigenvalue weighted by atomic mass is 9.75. The van der Waals surface area contributed by atoms with Gasteiger partial charge in [0.15, 0.2) is 0 Å². The first-order valence-electron chi connectivity index (χ1n) is 6.79. The van der Waals surface area contributed by atoms with Crippen molar-refractivity contribution in [3.05, 3.63) is 35.9 Å². The van der Waals surface area contributed by atoms with E-state index >= 15 is 0 Å². The summed E-state index contributed by atoms with van der Waals surface area (Å²) in [6.07, 6.45) is 0. The summed E-state index contributed by atoms with van der Waals surface area (Å²) in [5.74, 6) is 0.178. The second-order valence-electron chi connectivity index (χ2n) is 6.27. The Morgan fingerprint density at radius 1 is 1.00 bits per heavy atom. The molecule has 1 unspecified atom stereocenters. The summed E-state index contributed by atoms with van der Waals surface area (Å²) in [7, 11) is -0.373. The highest BCUT2D eigenvalue weighted by molar-refractivity contribution is 6.60. The van der Waals surface area contributed by atoms with Crippen LogP contribution in [0.3, 0.4) is 0 Å². The SMILES string of the molecule is C[C@H](c1ccccc1)C(Cl)B1OC(C)(C)C(C)(C)O1. The molecule has 1 aromatic carbocycles. The van der Waals surface area contributed by atoms with Gasteiger partial charge in [0.05, 0.1) is 16.5 Å². The molecule has 0 saturated carbocycles. The zero-order valence-electron chi connectivity index (χ0n) is 12.3. The Bertz CT molecular complexity index is 417. The van der Waals surface area contributed by atoms with Gasteiger partial charge >= 0.3 is 7.12 Å². The van der Waals surface area contributed by atoms with E-state index in [2.05, 4.69) is 19.1 Å². The Kier molecular flexibility index (Phi) is 4.01. The molecule has 104 valence electrons. The van der Waals surface area contributed by atoms with Gasteiger partial charge in [-0.3, -0.25) is 0 Å². The van der Waals surface area contributed by atoms with Crippen LogP contribution in [0.25, 0.3) is 0 Å². The zero-order chi connectivity index (χ0) is 14.3. The van der Waals surface area contributed by atoms with Crippen molar-refractivity contribution in [3.63, 3.8) is 0 Å². The van der Waals surface area contributed by atoms with E-state index in [0.29, 0.717) is 0 Å². The lowest BCUT2D eigenvalue weighted by molar-refractivity contribution is 0.00578. The van der Waals surface area contributed by atoms with Crippen LogP contribution in [-0.2, 0) is 9.31 Å². The normalized spacial score (nSPS) is 24.2. The Labute approximate surface area is 121 Å². The number of hydrogen-bond acceptors (Lipinski definition) is 2. The fourth-order valence-corrected chi connectivity index (χ4v) is 2.44. The molecule has 1 aromatic rings. The van der Waals surface area contributed by atoms with E-state index in [1.807, 2.05) is 45.9 Å². The molecule has 1 heterocycles. The van der Waals surface area contributed by atoms with Crippen LogP contribution in [0.5, 0.6) is 0 Å². The molecule has 1 aliphatic heterocycles. The fraction of sp³-hybridized carbons (Fsp3) is 0.600. The van der Waals surface area contributed by atoms with E-state index < -0.39 is 0 Å². The molecule has 1 fully saturated rings. The minimum absolute atomic E-state index is 0.178. The molecule has 1 aliphatic rings. The highest BCUT2D eigenvalue weighted by Crippen LogP contribution is 2.40. The van der Waals surface area contributed by atoms with Crippen LogP contribution in [-0.4, -0.2) is 23.6 Å². The Morgan fingerprint density at radius 3 is 1.95 bits per heavy atom. The van der Waals surface area contributed by atoms with E-state index in [0.717, 1.165) is 0 Å². The third-order valence-electron chi connectivity index (χ3n) is 4.33. The zero-order valence-corrected chi connectivity index (χ0v) is 13.1. The van der Waals surface area contributed by atoms with Crippen LogP contribution in [0.15, 0.2) is 30.3 Å². The smallest absolute Gasteiger partial charge is 0.402 e.